The zero-order chi connectivity index (χ0) is 20.4. The van der Waals surface area contributed by atoms with E-state index in [-0.39, 0.29) is 17.3 Å². The summed E-state index contributed by atoms with van der Waals surface area (Å²) in [6.45, 7) is 0.200. The fraction of sp³-hybridized carbons (Fsp3) is 0.286. The molecule has 2 aromatic carbocycles. The first-order valence-corrected chi connectivity index (χ1v) is 10.2. The Kier molecular flexibility index (Phi) is 9.00. The molecule has 5 nitrogen and oxygen atoms in total. The van der Waals surface area contributed by atoms with Gasteiger partial charge in [0, 0.05) is 22.8 Å². The van der Waals surface area contributed by atoms with Crippen molar-refractivity contribution in [2.75, 3.05) is 6.61 Å². The highest BCUT2D eigenvalue weighted by Gasteiger charge is 2.04. The summed E-state index contributed by atoms with van der Waals surface area (Å²) in [5, 5.41) is 8.81. The van der Waals surface area contributed by atoms with Crippen molar-refractivity contribution < 1.29 is 18.3 Å². The smallest absolute Gasteiger partial charge is 0.123 e. The van der Waals surface area contributed by atoms with Crippen LogP contribution in [-0.4, -0.2) is 26.2 Å². The Morgan fingerprint density at radius 1 is 1.07 bits per heavy atom. The van der Waals surface area contributed by atoms with Crippen molar-refractivity contribution in [3.8, 4) is 0 Å². The first kappa shape index (κ1) is 21.9. The molecule has 7 heteroatoms. The first-order chi connectivity index (χ1) is 13.5. The molecule has 150 valence electrons. The molecule has 2 rings (SSSR count). The molecule has 0 radical (unpaired) electrons. The van der Waals surface area contributed by atoms with Crippen molar-refractivity contribution in [1.29, 1.82) is 0 Å². The van der Waals surface area contributed by atoms with E-state index in [2.05, 4.69) is 4.99 Å². The standard InChI is InChI=1S/C21H25FN2O3S/c22-17-8-6-16(7-9-17)21(15-18(23)5-3-1-2-4-14-25)24-19-10-12-20(13-11-19)28(26)27/h6-13,15,25H,1-5,14,23H2,(H,26,27)/p-1/b18-15-,24-21?. The third-order valence-electron chi connectivity index (χ3n) is 4.11. The highest BCUT2D eigenvalue weighted by Crippen LogP contribution is 2.18. The van der Waals surface area contributed by atoms with E-state index in [9.17, 15) is 13.2 Å². The quantitative estimate of drug-likeness (QED) is 0.356. The van der Waals surface area contributed by atoms with Gasteiger partial charge in [0.25, 0.3) is 0 Å². The summed E-state index contributed by atoms with van der Waals surface area (Å²) in [6.07, 6.45) is 6.08. The van der Waals surface area contributed by atoms with E-state index in [1.165, 1.54) is 24.3 Å². The molecule has 1 atom stereocenters. The van der Waals surface area contributed by atoms with E-state index in [0.29, 0.717) is 29.1 Å². The van der Waals surface area contributed by atoms with E-state index >= 15 is 0 Å². The van der Waals surface area contributed by atoms with Crippen molar-refractivity contribution in [1.82, 2.24) is 0 Å². The van der Waals surface area contributed by atoms with Gasteiger partial charge in [0.15, 0.2) is 0 Å². The zero-order valence-corrected chi connectivity index (χ0v) is 16.3. The minimum absolute atomic E-state index is 0.181. The van der Waals surface area contributed by atoms with Crippen LogP contribution in [0.2, 0.25) is 0 Å². The number of nitrogens with zero attached hydrogens (tertiary/aromatic N) is 1. The molecule has 0 saturated heterocycles. The van der Waals surface area contributed by atoms with Crippen LogP contribution in [0.3, 0.4) is 0 Å². The number of hydrogen-bond donors (Lipinski definition) is 2. The lowest BCUT2D eigenvalue weighted by Gasteiger charge is -2.08. The van der Waals surface area contributed by atoms with Crippen LogP contribution in [0.4, 0.5) is 10.1 Å². The molecule has 0 amide bonds. The third-order valence-corrected chi connectivity index (χ3v) is 4.77. The number of aliphatic hydroxyl groups is 1. The molecule has 0 fully saturated rings. The Labute approximate surface area is 167 Å². The predicted octanol–water partition coefficient (Wildman–Crippen LogP) is 3.97. The Hall–Kier alpha value is -2.35. The monoisotopic (exact) mass is 403 g/mol. The molecular formula is C21H24FN2O3S-. The molecule has 0 saturated carbocycles. The van der Waals surface area contributed by atoms with Crippen LogP contribution in [0.15, 0.2) is 70.2 Å². The van der Waals surface area contributed by atoms with Gasteiger partial charge in [-0.3, -0.25) is 4.21 Å². The molecule has 0 heterocycles. The molecule has 0 aliphatic carbocycles. The summed E-state index contributed by atoms with van der Waals surface area (Å²) in [4.78, 5) is 4.74. The van der Waals surface area contributed by atoms with Gasteiger partial charge in [0.05, 0.1) is 11.4 Å². The summed E-state index contributed by atoms with van der Waals surface area (Å²) < 4.78 is 35.2. The third kappa shape index (κ3) is 7.34. The van der Waals surface area contributed by atoms with Gasteiger partial charge in [-0.05, 0) is 84.9 Å². The van der Waals surface area contributed by atoms with Gasteiger partial charge in [-0.15, -0.1) is 0 Å². The van der Waals surface area contributed by atoms with Gasteiger partial charge in [0.2, 0.25) is 0 Å². The lowest BCUT2D eigenvalue weighted by atomic mass is 10.1. The van der Waals surface area contributed by atoms with Gasteiger partial charge in [-0.25, -0.2) is 9.38 Å². The van der Waals surface area contributed by atoms with Gasteiger partial charge in [-0.1, -0.05) is 12.8 Å². The SMILES string of the molecule is N/C(=C\C(=Nc1ccc(S(=O)[O-])cc1)c1ccc(F)cc1)CCCCCCO. The van der Waals surface area contributed by atoms with E-state index in [4.69, 9.17) is 10.8 Å². The molecule has 0 bridgehead atoms. The largest absolute Gasteiger partial charge is 0.768 e. The van der Waals surface area contributed by atoms with Crippen LogP contribution in [0.1, 0.15) is 37.7 Å². The normalized spacial score (nSPS) is 13.5. The number of allylic oxidation sites excluding steroid dienone is 2. The van der Waals surface area contributed by atoms with Gasteiger partial charge < -0.3 is 15.4 Å². The number of benzene rings is 2. The molecule has 0 spiro atoms. The molecule has 2 aromatic rings. The maximum Gasteiger partial charge on any atom is 0.123 e. The molecular weight excluding hydrogens is 379 g/mol. The van der Waals surface area contributed by atoms with Crippen molar-refractivity contribution in [3.05, 3.63) is 71.7 Å². The Morgan fingerprint density at radius 2 is 1.71 bits per heavy atom. The highest BCUT2D eigenvalue weighted by molar-refractivity contribution is 7.79. The predicted molar refractivity (Wildman–Crippen MR) is 109 cm³/mol. The van der Waals surface area contributed by atoms with Crippen molar-refractivity contribution in [2.45, 2.75) is 37.0 Å². The zero-order valence-electron chi connectivity index (χ0n) is 15.5. The lowest BCUT2D eigenvalue weighted by Crippen LogP contribution is -2.04. The minimum Gasteiger partial charge on any atom is -0.768 e. The Morgan fingerprint density at radius 3 is 2.32 bits per heavy atom. The Bertz CT molecular complexity index is 834. The number of nitrogens with two attached hydrogens (primary N) is 1. The van der Waals surface area contributed by atoms with Crippen LogP contribution in [0.25, 0.3) is 0 Å². The van der Waals surface area contributed by atoms with Crippen LogP contribution in [-0.2, 0) is 11.1 Å². The average Bonchev–Trinajstić information content (AvgIpc) is 2.68. The van der Waals surface area contributed by atoms with E-state index in [1.807, 2.05) is 0 Å². The maximum atomic E-state index is 13.3. The Balaban J connectivity index is 2.22. The fourth-order valence-corrected chi connectivity index (χ4v) is 2.97. The van der Waals surface area contributed by atoms with Crippen molar-refractivity contribution in [2.24, 2.45) is 10.7 Å². The summed E-state index contributed by atoms with van der Waals surface area (Å²) >= 11 is -2.29. The number of halogens is 1. The van der Waals surface area contributed by atoms with Crippen LogP contribution >= 0.6 is 0 Å². The second-order valence-electron chi connectivity index (χ2n) is 6.34. The number of rotatable bonds is 10. The lowest BCUT2D eigenvalue weighted by molar-refractivity contribution is 0.282. The molecule has 28 heavy (non-hydrogen) atoms. The van der Waals surface area contributed by atoms with E-state index in [0.717, 1.165) is 25.7 Å². The van der Waals surface area contributed by atoms with Crippen LogP contribution in [0.5, 0.6) is 0 Å². The summed E-state index contributed by atoms with van der Waals surface area (Å²) in [7, 11) is 0. The number of hydrogen-bond acceptors (Lipinski definition) is 5. The topological polar surface area (TPSA) is 98.7 Å². The average molecular weight is 403 g/mol. The van der Waals surface area contributed by atoms with Gasteiger partial charge in [-0.2, -0.15) is 0 Å². The maximum absolute atomic E-state index is 13.3. The molecule has 0 aliphatic rings. The molecule has 0 aliphatic heterocycles. The van der Waals surface area contributed by atoms with E-state index < -0.39 is 11.1 Å². The first-order valence-electron chi connectivity index (χ1n) is 9.10. The summed E-state index contributed by atoms with van der Waals surface area (Å²) in [5.41, 5.74) is 8.66. The fourth-order valence-electron chi connectivity index (χ4n) is 2.61. The van der Waals surface area contributed by atoms with Gasteiger partial charge in [0.1, 0.15) is 5.82 Å². The van der Waals surface area contributed by atoms with E-state index in [1.54, 1.807) is 30.3 Å². The molecule has 0 aromatic heterocycles. The van der Waals surface area contributed by atoms with Crippen LogP contribution in [0, 0.1) is 5.82 Å². The van der Waals surface area contributed by atoms with Crippen molar-refractivity contribution in [3.63, 3.8) is 0 Å². The second-order valence-corrected chi connectivity index (χ2v) is 7.28. The second kappa shape index (κ2) is 11.5. The molecule has 1 unspecified atom stereocenters. The van der Waals surface area contributed by atoms with Gasteiger partial charge >= 0.3 is 0 Å². The number of unbranched alkanes of at least 4 members (excludes halogenated alkanes) is 3. The highest BCUT2D eigenvalue weighted by atomic mass is 32.2. The number of aliphatic imine (C=N–C) groups is 1. The summed E-state index contributed by atoms with van der Waals surface area (Å²) in [6, 6.07) is 12.1. The molecule has 3 N–H and O–H groups in total. The minimum atomic E-state index is -2.29. The summed E-state index contributed by atoms with van der Waals surface area (Å²) in [5.74, 6) is -0.341. The van der Waals surface area contributed by atoms with Crippen molar-refractivity contribution >= 4 is 22.5 Å². The van der Waals surface area contributed by atoms with Crippen LogP contribution < -0.4 is 5.73 Å². The number of aliphatic hydroxyl groups excluding tert-OH is 1.